The molecular weight excluding hydrogens is 356 g/mol. The van der Waals surface area contributed by atoms with Gasteiger partial charge in [-0.15, -0.1) is 12.4 Å². The van der Waals surface area contributed by atoms with Gasteiger partial charge >= 0.3 is 5.97 Å². The third-order valence-corrected chi connectivity index (χ3v) is 5.47. The number of nitrogens with one attached hydrogen (secondary N) is 2. The van der Waals surface area contributed by atoms with E-state index in [1.807, 2.05) is 6.92 Å². The smallest absolute Gasteiger partial charge is 0.341 e. The van der Waals surface area contributed by atoms with Gasteiger partial charge in [-0.25, -0.2) is 17.9 Å². The lowest BCUT2D eigenvalue weighted by Crippen LogP contribution is -2.48. The lowest BCUT2D eigenvalue weighted by atomic mass is 9.97. The summed E-state index contributed by atoms with van der Waals surface area (Å²) in [4.78, 5) is 11.8. The van der Waals surface area contributed by atoms with Crippen LogP contribution < -0.4 is 14.8 Å². The molecule has 2 rings (SSSR count). The third kappa shape index (κ3) is 4.60. The molecule has 2 atom stereocenters. The Kier molecular flexibility index (Phi) is 7.47. The van der Waals surface area contributed by atoms with Crippen LogP contribution in [0.4, 0.5) is 0 Å². The average Bonchev–Trinajstić information content (AvgIpc) is 2.55. The average molecular weight is 379 g/mol. The van der Waals surface area contributed by atoms with Crippen LogP contribution in [0.1, 0.15) is 23.7 Å². The molecule has 2 unspecified atom stereocenters. The summed E-state index contributed by atoms with van der Waals surface area (Å²) in [5.74, 6) is -0.183. The molecule has 136 valence electrons. The predicted octanol–water partition coefficient (Wildman–Crippen LogP) is 1.18. The SMILES string of the molecule is COC(=O)c1cc(S(=O)(=O)NC2CCNCC2C)ccc1OC.Cl. The van der Waals surface area contributed by atoms with Gasteiger partial charge in [-0.1, -0.05) is 6.92 Å². The molecule has 7 nitrogen and oxygen atoms in total. The molecule has 1 aromatic carbocycles. The van der Waals surface area contributed by atoms with Crippen LogP contribution >= 0.6 is 12.4 Å². The second-order valence-corrected chi connectivity index (χ2v) is 7.27. The van der Waals surface area contributed by atoms with Gasteiger partial charge in [0.05, 0.1) is 19.1 Å². The van der Waals surface area contributed by atoms with Crippen molar-refractivity contribution in [3.8, 4) is 5.75 Å². The summed E-state index contributed by atoms with van der Waals surface area (Å²) in [7, 11) is -1.08. The summed E-state index contributed by atoms with van der Waals surface area (Å²) in [5.41, 5.74) is 0.0798. The van der Waals surface area contributed by atoms with Gasteiger partial charge in [0.25, 0.3) is 0 Å². The standard InChI is InChI=1S/C15H22N2O5S.ClH/c1-10-9-16-7-6-13(10)17-23(19,20)11-4-5-14(21-2)12(8-11)15(18)22-3;/h4-5,8,10,13,16-17H,6-7,9H2,1-3H3;1H. The van der Waals surface area contributed by atoms with Crippen molar-refractivity contribution in [3.05, 3.63) is 23.8 Å². The zero-order chi connectivity index (χ0) is 17.0. The number of sulfonamides is 1. The molecule has 0 radical (unpaired) electrons. The summed E-state index contributed by atoms with van der Waals surface area (Å²) >= 11 is 0. The number of carbonyl (C=O) groups is 1. The zero-order valence-electron chi connectivity index (χ0n) is 13.9. The Morgan fingerprint density at radius 1 is 1.33 bits per heavy atom. The van der Waals surface area contributed by atoms with Crippen molar-refractivity contribution in [2.24, 2.45) is 5.92 Å². The summed E-state index contributed by atoms with van der Waals surface area (Å²) < 4.78 is 37.6. The maximum absolute atomic E-state index is 12.6. The quantitative estimate of drug-likeness (QED) is 0.747. The van der Waals surface area contributed by atoms with Crippen LogP contribution in [0, 0.1) is 5.92 Å². The molecular formula is C15H23ClN2O5S. The van der Waals surface area contributed by atoms with Gasteiger partial charge in [-0.2, -0.15) is 0 Å². The van der Waals surface area contributed by atoms with E-state index in [4.69, 9.17) is 4.74 Å². The van der Waals surface area contributed by atoms with E-state index < -0.39 is 16.0 Å². The number of benzene rings is 1. The normalized spacial score (nSPS) is 20.8. The maximum Gasteiger partial charge on any atom is 0.341 e. The monoisotopic (exact) mass is 378 g/mol. The first kappa shape index (κ1) is 20.7. The van der Waals surface area contributed by atoms with E-state index in [0.717, 1.165) is 19.5 Å². The van der Waals surface area contributed by atoms with Crippen LogP contribution in [0.5, 0.6) is 5.75 Å². The summed E-state index contributed by atoms with van der Waals surface area (Å²) in [5, 5.41) is 3.22. The van der Waals surface area contributed by atoms with Gasteiger partial charge in [0.1, 0.15) is 11.3 Å². The Labute approximate surface area is 148 Å². The Hall–Kier alpha value is -1.35. The van der Waals surface area contributed by atoms with Crippen molar-refractivity contribution in [2.45, 2.75) is 24.3 Å². The highest BCUT2D eigenvalue weighted by Gasteiger charge is 2.27. The van der Waals surface area contributed by atoms with Gasteiger partial charge in [-0.05, 0) is 43.6 Å². The molecule has 0 spiro atoms. The van der Waals surface area contributed by atoms with Crippen molar-refractivity contribution in [1.29, 1.82) is 0 Å². The number of halogens is 1. The van der Waals surface area contributed by atoms with E-state index >= 15 is 0 Å². The fraction of sp³-hybridized carbons (Fsp3) is 0.533. The molecule has 1 aliphatic heterocycles. The van der Waals surface area contributed by atoms with Gasteiger partial charge in [0.2, 0.25) is 10.0 Å². The Balaban J connectivity index is 0.00000288. The molecule has 1 heterocycles. The Morgan fingerprint density at radius 3 is 2.62 bits per heavy atom. The van der Waals surface area contributed by atoms with E-state index in [2.05, 4.69) is 14.8 Å². The van der Waals surface area contributed by atoms with E-state index in [1.54, 1.807) is 0 Å². The number of methoxy groups -OCH3 is 2. The molecule has 1 aromatic rings. The topological polar surface area (TPSA) is 93.7 Å². The number of hydrogen-bond acceptors (Lipinski definition) is 6. The van der Waals surface area contributed by atoms with Crippen molar-refractivity contribution in [2.75, 3.05) is 27.3 Å². The molecule has 0 amide bonds. The number of rotatable bonds is 5. The van der Waals surface area contributed by atoms with Crippen LogP contribution in [0.3, 0.4) is 0 Å². The Morgan fingerprint density at radius 2 is 2.04 bits per heavy atom. The maximum atomic E-state index is 12.6. The number of hydrogen-bond donors (Lipinski definition) is 2. The second kappa shape index (κ2) is 8.66. The minimum absolute atomic E-state index is 0. The van der Waals surface area contributed by atoms with E-state index in [9.17, 15) is 13.2 Å². The number of piperidine rings is 1. The zero-order valence-corrected chi connectivity index (χ0v) is 15.5. The highest BCUT2D eigenvalue weighted by atomic mass is 35.5. The molecule has 24 heavy (non-hydrogen) atoms. The summed E-state index contributed by atoms with van der Waals surface area (Å²) in [6.45, 7) is 3.53. The highest BCUT2D eigenvalue weighted by molar-refractivity contribution is 7.89. The second-order valence-electron chi connectivity index (χ2n) is 5.55. The minimum Gasteiger partial charge on any atom is -0.496 e. The molecule has 2 N–H and O–H groups in total. The van der Waals surface area contributed by atoms with Crippen LogP contribution in [-0.4, -0.2) is 47.7 Å². The Bertz CT molecular complexity index is 680. The lowest BCUT2D eigenvalue weighted by molar-refractivity contribution is 0.0597. The van der Waals surface area contributed by atoms with Gasteiger partial charge < -0.3 is 14.8 Å². The third-order valence-electron chi connectivity index (χ3n) is 3.98. The molecule has 0 aliphatic carbocycles. The van der Waals surface area contributed by atoms with Crippen molar-refractivity contribution in [1.82, 2.24) is 10.0 Å². The minimum atomic E-state index is -3.72. The molecule has 1 saturated heterocycles. The first-order valence-corrected chi connectivity index (χ1v) is 8.86. The van der Waals surface area contributed by atoms with Crippen molar-refractivity contribution < 1.29 is 22.7 Å². The van der Waals surface area contributed by atoms with Crippen molar-refractivity contribution in [3.63, 3.8) is 0 Å². The number of carbonyl (C=O) groups excluding carboxylic acids is 1. The summed E-state index contributed by atoms with van der Waals surface area (Å²) in [6, 6.07) is 4.01. The van der Waals surface area contributed by atoms with Gasteiger partial charge in [-0.3, -0.25) is 0 Å². The summed E-state index contributed by atoms with van der Waals surface area (Å²) in [6.07, 6.45) is 0.723. The van der Waals surface area contributed by atoms with E-state index in [-0.39, 0.29) is 40.6 Å². The molecule has 1 fully saturated rings. The highest BCUT2D eigenvalue weighted by Crippen LogP contribution is 2.24. The number of esters is 1. The lowest BCUT2D eigenvalue weighted by Gasteiger charge is -2.30. The van der Waals surface area contributed by atoms with E-state index in [0.29, 0.717) is 0 Å². The molecule has 0 saturated carbocycles. The first-order chi connectivity index (χ1) is 10.9. The van der Waals surface area contributed by atoms with Crippen LogP contribution in [0.15, 0.2) is 23.1 Å². The van der Waals surface area contributed by atoms with Crippen LogP contribution in [-0.2, 0) is 14.8 Å². The molecule has 9 heteroatoms. The van der Waals surface area contributed by atoms with E-state index in [1.165, 1.54) is 32.4 Å². The predicted molar refractivity (Wildman–Crippen MR) is 92.3 cm³/mol. The van der Waals surface area contributed by atoms with Crippen LogP contribution in [0.2, 0.25) is 0 Å². The molecule has 0 aromatic heterocycles. The van der Waals surface area contributed by atoms with Gasteiger partial charge in [0.15, 0.2) is 0 Å². The van der Waals surface area contributed by atoms with Crippen molar-refractivity contribution >= 4 is 28.4 Å². The molecule has 1 aliphatic rings. The molecule has 0 bridgehead atoms. The fourth-order valence-corrected chi connectivity index (χ4v) is 3.99. The van der Waals surface area contributed by atoms with Gasteiger partial charge in [0, 0.05) is 6.04 Å². The first-order valence-electron chi connectivity index (χ1n) is 7.38. The van der Waals surface area contributed by atoms with Crippen LogP contribution in [0.25, 0.3) is 0 Å². The number of ether oxygens (including phenoxy) is 2. The fourth-order valence-electron chi connectivity index (χ4n) is 2.58. The largest absolute Gasteiger partial charge is 0.496 e.